The molecule has 1 heterocycles. The predicted octanol–water partition coefficient (Wildman–Crippen LogP) is 2.00. The molecule has 0 radical (unpaired) electrons. The monoisotopic (exact) mass is 268 g/mol. The van der Waals surface area contributed by atoms with Crippen molar-refractivity contribution in [1.82, 2.24) is 4.98 Å². The maximum absolute atomic E-state index is 10.8. The van der Waals surface area contributed by atoms with E-state index in [0.717, 1.165) is 19.4 Å². The first-order valence-corrected chi connectivity index (χ1v) is 6.42. The predicted molar refractivity (Wildman–Crippen MR) is 74.5 cm³/mol. The molecule has 0 aliphatic carbocycles. The van der Waals surface area contributed by atoms with Crippen LogP contribution in [0.1, 0.15) is 26.2 Å². The van der Waals surface area contributed by atoms with Crippen molar-refractivity contribution in [2.24, 2.45) is 0 Å². The average Bonchev–Trinajstić information content (AvgIpc) is 2.41. The second-order valence-corrected chi connectivity index (χ2v) is 4.14. The van der Waals surface area contributed by atoms with Crippen molar-refractivity contribution in [3.63, 3.8) is 0 Å². The van der Waals surface area contributed by atoms with E-state index in [1.54, 1.807) is 0 Å². The van der Waals surface area contributed by atoms with Gasteiger partial charge in [0.05, 0.1) is 17.1 Å². The van der Waals surface area contributed by atoms with Gasteiger partial charge in [-0.3, -0.25) is 10.1 Å². The lowest BCUT2D eigenvalue weighted by Gasteiger charge is -2.08. The van der Waals surface area contributed by atoms with E-state index < -0.39 is 4.92 Å². The molecule has 0 atom stereocenters. The van der Waals surface area contributed by atoms with Gasteiger partial charge in [0, 0.05) is 19.7 Å². The van der Waals surface area contributed by atoms with E-state index in [2.05, 4.69) is 15.6 Å². The summed E-state index contributed by atoms with van der Waals surface area (Å²) in [7, 11) is 0. The van der Waals surface area contributed by atoms with Crippen LogP contribution >= 0.6 is 0 Å². The van der Waals surface area contributed by atoms with Gasteiger partial charge in [-0.1, -0.05) is 6.92 Å². The molecule has 1 aromatic heterocycles. The maximum atomic E-state index is 10.8. The van der Waals surface area contributed by atoms with E-state index in [-0.39, 0.29) is 12.3 Å². The highest BCUT2D eigenvalue weighted by atomic mass is 16.6. The number of rotatable bonds is 9. The Kier molecular flexibility index (Phi) is 6.59. The van der Waals surface area contributed by atoms with Crippen molar-refractivity contribution in [2.75, 3.05) is 30.3 Å². The third-order valence-corrected chi connectivity index (χ3v) is 2.47. The summed E-state index contributed by atoms with van der Waals surface area (Å²) >= 11 is 0. The van der Waals surface area contributed by atoms with E-state index in [4.69, 9.17) is 5.11 Å². The zero-order valence-electron chi connectivity index (χ0n) is 11.1. The molecule has 0 saturated heterocycles. The Bertz CT molecular complexity index is 412. The molecule has 0 amide bonds. The number of nitrogens with zero attached hydrogens (tertiary/aromatic N) is 2. The quantitative estimate of drug-likeness (QED) is 0.360. The van der Waals surface area contributed by atoms with E-state index >= 15 is 0 Å². The standard InChI is InChI=1S/C12H20N4O3/c1-2-5-13-11-8-10(16(18)19)9-12(15-11)14-6-3-4-7-17/h8-9,17H,2-7H2,1H3,(H2,13,14,15). The van der Waals surface area contributed by atoms with Gasteiger partial charge in [0.2, 0.25) is 0 Å². The second kappa shape index (κ2) is 8.25. The fraction of sp³-hybridized carbons (Fsp3) is 0.583. The molecular weight excluding hydrogens is 248 g/mol. The molecule has 0 spiro atoms. The molecule has 1 aromatic rings. The molecule has 0 aromatic carbocycles. The maximum Gasteiger partial charge on any atom is 0.276 e. The highest BCUT2D eigenvalue weighted by molar-refractivity contribution is 5.54. The van der Waals surface area contributed by atoms with Gasteiger partial charge in [0.1, 0.15) is 11.6 Å². The summed E-state index contributed by atoms with van der Waals surface area (Å²) < 4.78 is 0. The molecule has 0 fully saturated rings. The Morgan fingerprint density at radius 3 is 2.42 bits per heavy atom. The first-order chi connectivity index (χ1) is 9.17. The lowest BCUT2D eigenvalue weighted by Crippen LogP contribution is -2.08. The van der Waals surface area contributed by atoms with Crippen molar-refractivity contribution < 1.29 is 10.0 Å². The number of nitro groups is 1. The van der Waals surface area contributed by atoms with Crippen LogP contribution in [-0.4, -0.2) is 34.7 Å². The minimum absolute atomic E-state index is 0.0123. The van der Waals surface area contributed by atoms with Crippen LogP contribution in [0.15, 0.2) is 12.1 Å². The van der Waals surface area contributed by atoms with Crippen LogP contribution in [0.3, 0.4) is 0 Å². The van der Waals surface area contributed by atoms with Crippen molar-refractivity contribution >= 4 is 17.3 Å². The summed E-state index contributed by atoms with van der Waals surface area (Å²) in [5, 5.41) is 25.6. The van der Waals surface area contributed by atoms with Gasteiger partial charge in [-0.15, -0.1) is 0 Å². The summed E-state index contributed by atoms with van der Waals surface area (Å²) in [6, 6.07) is 2.84. The van der Waals surface area contributed by atoms with Crippen molar-refractivity contribution in [3.05, 3.63) is 22.2 Å². The van der Waals surface area contributed by atoms with Gasteiger partial charge < -0.3 is 15.7 Å². The minimum atomic E-state index is -0.433. The van der Waals surface area contributed by atoms with Gasteiger partial charge in [-0.05, 0) is 19.3 Å². The fourth-order valence-electron chi connectivity index (χ4n) is 1.51. The van der Waals surface area contributed by atoms with E-state index in [0.29, 0.717) is 24.6 Å². The molecule has 3 N–H and O–H groups in total. The van der Waals surface area contributed by atoms with Crippen molar-refractivity contribution in [3.8, 4) is 0 Å². The van der Waals surface area contributed by atoms with Crippen LogP contribution in [0.25, 0.3) is 0 Å². The SMILES string of the molecule is CCCNc1cc([N+](=O)[O-])cc(NCCCCO)n1. The second-order valence-electron chi connectivity index (χ2n) is 4.14. The first kappa shape index (κ1) is 15.2. The topological polar surface area (TPSA) is 100 Å². The summed E-state index contributed by atoms with van der Waals surface area (Å²) in [4.78, 5) is 14.7. The number of aliphatic hydroxyl groups is 1. The van der Waals surface area contributed by atoms with Crippen molar-refractivity contribution in [2.45, 2.75) is 26.2 Å². The molecule has 0 saturated carbocycles. The van der Waals surface area contributed by atoms with Gasteiger partial charge in [-0.25, -0.2) is 4.98 Å². The summed E-state index contributed by atoms with van der Waals surface area (Å²) in [6.45, 7) is 3.51. The van der Waals surface area contributed by atoms with Crippen LogP contribution in [-0.2, 0) is 0 Å². The zero-order valence-corrected chi connectivity index (χ0v) is 11.1. The molecule has 1 rings (SSSR count). The van der Waals surface area contributed by atoms with Gasteiger partial charge >= 0.3 is 0 Å². The van der Waals surface area contributed by atoms with Crippen LogP contribution in [0.5, 0.6) is 0 Å². The van der Waals surface area contributed by atoms with Crippen molar-refractivity contribution in [1.29, 1.82) is 0 Å². The van der Waals surface area contributed by atoms with Gasteiger partial charge in [0.25, 0.3) is 5.69 Å². The van der Waals surface area contributed by atoms with Gasteiger partial charge in [0.15, 0.2) is 0 Å². The fourth-order valence-corrected chi connectivity index (χ4v) is 1.51. The Morgan fingerprint density at radius 2 is 1.89 bits per heavy atom. The molecule has 7 heteroatoms. The number of anilines is 2. The highest BCUT2D eigenvalue weighted by Gasteiger charge is 2.10. The van der Waals surface area contributed by atoms with E-state index in [1.807, 2.05) is 6.92 Å². The smallest absolute Gasteiger partial charge is 0.276 e. The largest absolute Gasteiger partial charge is 0.396 e. The van der Waals surface area contributed by atoms with Crippen LogP contribution < -0.4 is 10.6 Å². The molecule has 0 aliphatic rings. The number of aromatic nitrogens is 1. The highest BCUT2D eigenvalue weighted by Crippen LogP contribution is 2.20. The number of nitrogens with one attached hydrogen (secondary N) is 2. The molecule has 0 aliphatic heterocycles. The van der Waals surface area contributed by atoms with Crippen LogP contribution in [0.4, 0.5) is 17.3 Å². The number of hydrogen-bond acceptors (Lipinski definition) is 6. The van der Waals surface area contributed by atoms with Gasteiger partial charge in [-0.2, -0.15) is 0 Å². The third kappa shape index (κ3) is 5.52. The molecule has 0 bridgehead atoms. The molecule has 7 nitrogen and oxygen atoms in total. The molecule has 106 valence electrons. The van der Waals surface area contributed by atoms with E-state index in [1.165, 1.54) is 12.1 Å². The lowest BCUT2D eigenvalue weighted by molar-refractivity contribution is -0.384. The lowest BCUT2D eigenvalue weighted by atomic mass is 10.3. The zero-order chi connectivity index (χ0) is 14.1. The average molecular weight is 268 g/mol. The number of pyridine rings is 1. The number of aliphatic hydroxyl groups excluding tert-OH is 1. The molecular formula is C12H20N4O3. The summed E-state index contributed by atoms with van der Waals surface area (Å²) in [6.07, 6.45) is 2.41. The Morgan fingerprint density at radius 1 is 1.26 bits per heavy atom. The summed E-state index contributed by atoms with van der Waals surface area (Å²) in [5.74, 6) is 0.978. The molecule has 19 heavy (non-hydrogen) atoms. The molecule has 0 unspecified atom stereocenters. The Balaban J connectivity index is 2.72. The Hall–Kier alpha value is -1.89. The number of hydrogen-bond donors (Lipinski definition) is 3. The minimum Gasteiger partial charge on any atom is -0.396 e. The summed E-state index contributed by atoms with van der Waals surface area (Å²) in [5.41, 5.74) is 0.0123. The third-order valence-electron chi connectivity index (χ3n) is 2.47. The normalized spacial score (nSPS) is 10.2. The van der Waals surface area contributed by atoms with Crippen LogP contribution in [0.2, 0.25) is 0 Å². The Labute approximate surface area is 112 Å². The number of unbranched alkanes of at least 4 members (excludes halogenated alkanes) is 1. The first-order valence-electron chi connectivity index (χ1n) is 6.42. The van der Waals surface area contributed by atoms with Crippen LogP contribution in [0, 0.1) is 10.1 Å². The van der Waals surface area contributed by atoms with E-state index in [9.17, 15) is 10.1 Å².